The van der Waals surface area contributed by atoms with E-state index in [1.165, 1.54) is 11.8 Å². The first kappa shape index (κ1) is 21.8. The summed E-state index contributed by atoms with van der Waals surface area (Å²) < 4.78 is 28.5. The molecule has 152 valence electrons. The molecule has 28 heavy (non-hydrogen) atoms. The number of rotatable bonds is 8. The van der Waals surface area contributed by atoms with Crippen molar-refractivity contribution in [2.45, 2.75) is 31.7 Å². The fourth-order valence-corrected chi connectivity index (χ4v) is 3.40. The fraction of sp³-hybridized carbons (Fsp3) is 0.381. The van der Waals surface area contributed by atoms with Crippen molar-refractivity contribution < 1.29 is 13.2 Å². The quantitative estimate of drug-likeness (QED) is 0.523. The Morgan fingerprint density at radius 3 is 2.43 bits per heavy atom. The van der Waals surface area contributed by atoms with Gasteiger partial charge in [-0.1, -0.05) is 29.8 Å². The standard InChI is InChI=1S/C21H29N3O3S/c1-5-22-21(23-13-12-18-14-16(2)6-11-20(18)27-3)24-15-17-7-9-19(10-8-17)28(4,25)26/h6-11,14H,5,12-13,15H2,1-4H3,(H2,22,23,24). The molecule has 0 aliphatic heterocycles. The predicted octanol–water partition coefficient (Wildman–Crippen LogP) is 2.70. The number of sulfone groups is 1. The molecule has 2 N–H and O–H groups in total. The Bertz CT molecular complexity index is 907. The van der Waals surface area contributed by atoms with E-state index in [0.717, 1.165) is 42.3 Å². The predicted molar refractivity (Wildman–Crippen MR) is 114 cm³/mol. The van der Waals surface area contributed by atoms with Crippen LogP contribution in [0.5, 0.6) is 5.75 Å². The average molecular weight is 404 g/mol. The van der Waals surface area contributed by atoms with Gasteiger partial charge in [0.15, 0.2) is 15.8 Å². The molecule has 0 aliphatic carbocycles. The minimum Gasteiger partial charge on any atom is -0.496 e. The van der Waals surface area contributed by atoms with Crippen LogP contribution in [0, 0.1) is 6.92 Å². The zero-order chi connectivity index (χ0) is 20.6. The second kappa shape index (κ2) is 10.1. The molecule has 0 aromatic heterocycles. The number of ether oxygens (including phenoxy) is 1. The molecule has 0 saturated carbocycles. The lowest BCUT2D eigenvalue weighted by Gasteiger charge is -2.13. The highest BCUT2D eigenvalue weighted by Gasteiger charge is 2.07. The van der Waals surface area contributed by atoms with Gasteiger partial charge in [-0.15, -0.1) is 0 Å². The molecule has 0 atom stereocenters. The summed E-state index contributed by atoms with van der Waals surface area (Å²) in [7, 11) is -1.49. The van der Waals surface area contributed by atoms with Crippen molar-refractivity contribution in [1.29, 1.82) is 0 Å². The van der Waals surface area contributed by atoms with Crippen LogP contribution in [0.4, 0.5) is 0 Å². The van der Waals surface area contributed by atoms with E-state index >= 15 is 0 Å². The molecule has 2 aromatic carbocycles. The average Bonchev–Trinajstić information content (AvgIpc) is 2.66. The molecule has 0 fully saturated rings. The number of nitrogens with zero attached hydrogens (tertiary/aromatic N) is 1. The maximum absolute atomic E-state index is 11.5. The van der Waals surface area contributed by atoms with Gasteiger partial charge in [-0.3, -0.25) is 0 Å². The van der Waals surface area contributed by atoms with Crippen LogP contribution >= 0.6 is 0 Å². The molecule has 0 amide bonds. The highest BCUT2D eigenvalue weighted by atomic mass is 32.2. The Balaban J connectivity index is 1.98. The van der Waals surface area contributed by atoms with Crippen molar-refractivity contribution >= 4 is 15.8 Å². The van der Waals surface area contributed by atoms with Crippen LogP contribution in [0.2, 0.25) is 0 Å². The molecular formula is C21H29N3O3S. The Morgan fingerprint density at radius 2 is 1.82 bits per heavy atom. The van der Waals surface area contributed by atoms with Gasteiger partial charge in [0.2, 0.25) is 0 Å². The molecule has 0 heterocycles. The summed E-state index contributed by atoms with van der Waals surface area (Å²) in [5.74, 6) is 1.61. The van der Waals surface area contributed by atoms with Crippen LogP contribution in [-0.2, 0) is 22.8 Å². The van der Waals surface area contributed by atoms with Crippen molar-refractivity contribution in [2.75, 3.05) is 26.5 Å². The van der Waals surface area contributed by atoms with E-state index in [4.69, 9.17) is 4.74 Å². The van der Waals surface area contributed by atoms with Crippen LogP contribution < -0.4 is 15.4 Å². The first-order valence-electron chi connectivity index (χ1n) is 9.28. The molecule has 2 aromatic rings. The molecule has 0 saturated heterocycles. The largest absolute Gasteiger partial charge is 0.496 e. The smallest absolute Gasteiger partial charge is 0.191 e. The zero-order valence-electron chi connectivity index (χ0n) is 17.0. The minimum absolute atomic E-state index is 0.317. The number of benzene rings is 2. The lowest BCUT2D eigenvalue weighted by molar-refractivity contribution is 0.409. The van der Waals surface area contributed by atoms with Crippen LogP contribution in [0.25, 0.3) is 0 Å². The monoisotopic (exact) mass is 403 g/mol. The molecule has 7 heteroatoms. The van der Waals surface area contributed by atoms with Crippen molar-refractivity contribution in [2.24, 2.45) is 4.99 Å². The number of guanidine groups is 1. The molecule has 0 unspecified atom stereocenters. The van der Waals surface area contributed by atoms with Crippen molar-refractivity contribution in [1.82, 2.24) is 10.6 Å². The molecule has 2 rings (SSSR count). The molecule has 0 aliphatic rings. The van der Waals surface area contributed by atoms with Crippen molar-refractivity contribution in [3.05, 3.63) is 59.2 Å². The summed E-state index contributed by atoms with van der Waals surface area (Å²) in [6, 6.07) is 13.0. The fourth-order valence-electron chi connectivity index (χ4n) is 2.77. The van der Waals surface area contributed by atoms with Gasteiger partial charge < -0.3 is 15.4 Å². The molecule has 0 spiro atoms. The third kappa shape index (κ3) is 6.56. The van der Waals surface area contributed by atoms with Crippen molar-refractivity contribution in [3.8, 4) is 5.75 Å². The van der Waals surface area contributed by atoms with Gasteiger partial charge in [0.05, 0.1) is 18.6 Å². The summed E-state index contributed by atoms with van der Waals surface area (Å²) in [6.45, 7) is 6.02. The summed E-state index contributed by atoms with van der Waals surface area (Å²) >= 11 is 0. The van der Waals surface area contributed by atoms with Crippen molar-refractivity contribution in [3.63, 3.8) is 0 Å². The number of aryl methyl sites for hydroxylation is 1. The first-order chi connectivity index (χ1) is 13.3. The van der Waals surface area contributed by atoms with E-state index in [2.05, 4.69) is 28.6 Å². The first-order valence-corrected chi connectivity index (χ1v) is 11.2. The van der Waals surface area contributed by atoms with E-state index in [1.807, 2.05) is 19.1 Å². The lowest BCUT2D eigenvalue weighted by atomic mass is 10.1. The van der Waals surface area contributed by atoms with Gasteiger partial charge in [0.25, 0.3) is 0 Å². The summed E-state index contributed by atoms with van der Waals surface area (Å²) in [4.78, 5) is 4.90. The number of aliphatic imine (C=N–C) groups is 1. The zero-order valence-corrected chi connectivity index (χ0v) is 17.8. The summed E-state index contributed by atoms with van der Waals surface area (Å²) in [6.07, 6.45) is 2.02. The molecule has 0 radical (unpaired) electrons. The number of hydrogen-bond donors (Lipinski definition) is 2. The van der Waals surface area contributed by atoms with Crippen LogP contribution in [0.15, 0.2) is 52.4 Å². The van der Waals surface area contributed by atoms with E-state index < -0.39 is 9.84 Å². The highest BCUT2D eigenvalue weighted by molar-refractivity contribution is 7.90. The number of nitrogens with one attached hydrogen (secondary N) is 2. The topological polar surface area (TPSA) is 79.8 Å². The molecule has 0 bridgehead atoms. The Kier molecular flexibility index (Phi) is 7.87. The third-order valence-electron chi connectivity index (χ3n) is 4.24. The van der Waals surface area contributed by atoms with E-state index in [9.17, 15) is 8.42 Å². The van der Waals surface area contributed by atoms with E-state index in [1.54, 1.807) is 31.4 Å². The van der Waals surface area contributed by atoms with Crippen LogP contribution in [-0.4, -0.2) is 40.8 Å². The SMILES string of the molecule is CCNC(=NCc1ccc(S(C)(=O)=O)cc1)NCCc1cc(C)ccc1OC. The van der Waals surface area contributed by atoms with Crippen LogP contribution in [0.1, 0.15) is 23.6 Å². The Morgan fingerprint density at radius 1 is 1.11 bits per heavy atom. The van der Waals surface area contributed by atoms with Gasteiger partial charge in [-0.2, -0.15) is 0 Å². The number of methoxy groups -OCH3 is 1. The second-order valence-electron chi connectivity index (χ2n) is 6.60. The normalized spacial score (nSPS) is 11.9. The molecule has 6 nitrogen and oxygen atoms in total. The highest BCUT2D eigenvalue weighted by Crippen LogP contribution is 2.19. The number of hydrogen-bond acceptors (Lipinski definition) is 4. The van der Waals surface area contributed by atoms with Crippen LogP contribution in [0.3, 0.4) is 0 Å². The molecular weight excluding hydrogens is 374 g/mol. The third-order valence-corrected chi connectivity index (χ3v) is 5.37. The van der Waals surface area contributed by atoms with Gasteiger partial charge in [0, 0.05) is 19.3 Å². The van der Waals surface area contributed by atoms with E-state index in [-0.39, 0.29) is 0 Å². The maximum Gasteiger partial charge on any atom is 0.191 e. The maximum atomic E-state index is 11.5. The minimum atomic E-state index is -3.18. The Labute approximate surface area is 168 Å². The summed E-state index contributed by atoms with van der Waals surface area (Å²) in [5.41, 5.74) is 3.31. The lowest BCUT2D eigenvalue weighted by Crippen LogP contribution is -2.38. The van der Waals surface area contributed by atoms with Gasteiger partial charge in [-0.25, -0.2) is 13.4 Å². The van der Waals surface area contributed by atoms with E-state index in [0.29, 0.717) is 11.4 Å². The van der Waals surface area contributed by atoms with Gasteiger partial charge in [0.1, 0.15) is 5.75 Å². The summed E-state index contributed by atoms with van der Waals surface area (Å²) in [5, 5.41) is 6.56. The second-order valence-corrected chi connectivity index (χ2v) is 8.62. The Hall–Kier alpha value is -2.54. The van der Waals surface area contributed by atoms with Gasteiger partial charge in [-0.05, 0) is 49.6 Å². The van der Waals surface area contributed by atoms with Gasteiger partial charge >= 0.3 is 0 Å².